The number of nitrogens with zero attached hydrogens (tertiary/aromatic N) is 2. The molecule has 0 fully saturated rings. The molecule has 0 bridgehead atoms. The molecular formula is C15H27N3O3. The molecule has 0 saturated heterocycles. The minimum atomic E-state index is -0.820. The fourth-order valence-electron chi connectivity index (χ4n) is 1.73. The number of amides is 1. The summed E-state index contributed by atoms with van der Waals surface area (Å²) in [5.41, 5.74) is -0.984. The van der Waals surface area contributed by atoms with Gasteiger partial charge in [-0.1, -0.05) is 39.8 Å². The number of nitrogens with one attached hydrogen (secondary N) is 1. The van der Waals surface area contributed by atoms with Gasteiger partial charge in [0.05, 0.1) is 5.60 Å². The summed E-state index contributed by atoms with van der Waals surface area (Å²) in [6, 6.07) is 0. The van der Waals surface area contributed by atoms with Crippen LogP contribution < -0.4 is 5.32 Å². The zero-order valence-electron chi connectivity index (χ0n) is 13.7. The molecule has 1 amide bonds. The molecule has 1 heterocycles. The molecule has 6 nitrogen and oxygen atoms in total. The van der Waals surface area contributed by atoms with Gasteiger partial charge in [-0.3, -0.25) is 4.79 Å². The fourth-order valence-corrected chi connectivity index (χ4v) is 1.73. The molecular weight excluding hydrogens is 270 g/mol. The van der Waals surface area contributed by atoms with Gasteiger partial charge in [-0.15, -0.1) is 0 Å². The van der Waals surface area contributed by atoms with Crippen molar-refractivity contribution < 1.29 is 14.4 Å². The van der Waals surface area contributed by atoms with Crippen LogP contribution in [0.1, 0.15) is 65.6 Å². The minimum Gasteiger partial charge on any atom is -0.388 e. The summed E-state index contributed by atoms with van der Waals surface area (Å²) < 4.78 is 5.14. The molecule has 0 aliphatic carbocycles. The highest BCUT2D eigenvalue weighted by molar-refractivity contribution is 5.76. The van der Waals surface area contributed by atoms with Crippen LogP contribution in [0.15, 0.2) is 4.52 Å². The summed E-state index contributed by atoms with van der Waals surface area (Å²) in [6.07, 6.45) is 1.91. The van der Waals surface area contributed by atoms with Gasteiger partial charge in [0.2, 0.25) is 11.8 Å². The molecule has 1 aromatic rings. The van der Waals surface area contributed by atoms with Crippen LogP contribution in [0, 0.1) is 0 Å². The third-order valence-electron chi connectivity index (χ3n) is 3.64. The Bertz CT molecular complexity index is 459. The van der Waals surface area contributed by atoms with Gasteiger partial charge in [0.15, 0.2) is 5.82 Å². The van der Waals surface area contributed by atoms with Crippen molar-refractivity contribution in [2.24, 2.45) is 0 Å². The lowest BCUT2D eigenvalue weighted by molar-refractivity contribution is -0.122. The topological polar surface area (TPSA) is 88.2 Å². The van der Waals surface area contributed by atoms with Crippen LogP contribution >= 0.6 is 0 Å². The van der Waals surface area contributed by atoms with E-state index in [-0.39, 0.29) is 24.3 Å². The Hall–Kier alpha value is -1.43. The standard InChI is InChI=1S/C15H27N3O3/c1-6-15(20,7-2)10-16-11(19)8-9-12-17-13(18-21-12)14(3,4)5/h20H,6-10H2,1-5H3,(H,16,19). The molecule has 0 aromatic carbocycles. The third-order valence-corrected chi connectivity index (χ3v) is 3.64. The number of hydrogen-bond donors (Lipinski definition) is 2. The van der Waals surface area contributed by atoms with E-state index in [0.717, 1.165) is 0 Å². The average Bonchev–Trinajstić information content (AvgIpc) is 2.91. The lowest BCUT2D eigenvalue weighted by atomic mass is 9.96. The monoisotopic (exact) mass is 297 g/mol. The van der Waals surface area contributed by atoms with Crippen molar-refractivity contribution in [3.8, 4) is 0 Å². The Balaban J connectivity index is 2.42. The molecule has 0 spiro atoms. The Labute approximate surface area is 126 Å². The van der Waals surface area contributed by atoms with Crippen LogP contribution in [0.5, 0.6) is 0 Å². The van der Waals surface area contributed by atoms with Gasteiger partial charge >= 0.3 is 0 Å². The third kappa shape index (κ3) is 5.46. The van der Waals surface area contributed by atoms with E-state index in [1.165, 1.54) is 0 Å². The smallest absolute Gasteiger partial charge is 0.227 e. The number of aromatic nitrogens is 2. The second-order valence-corrected chi connectivity index (χ2v) is 6.47. The predicted molar refractivity (Wildman–Crippen MR) is 79.9 cm³/mol. The highest BCUT2D eigenvalue weighted by Gasteiger charge is 2.23. The summed E-state index contributed by atoms with van der Waals surface area (Å²) >= 11 is 0. The van der Waals surface area contributed by atoms with Crippen LogP contribution in [0.25, 0.3) is 0 Å². The number of rotatable bonds is 7. The predicted octanol–water partition coefficient (Wildman–Crippen LogP) is 1.97. The van der Waals surface area contributed by atoms with E-state index in [1.54, 1.807) is 0 Å². The van der Waals surface area contributed by atoms with E-state index in [0.29, 0.717) is 31.0 Å². The Morgan fingerprint density at radius 2 is 1.90 bits per heavy atom. The van der Waals surface area contributed by atoms with Gasteiger partial charge in [-0.05, 0) is 12.8 Å². The van der Waals surface area contributed by atoms with Crippen molar-refractivity contribution in [2.45, 2.75) is 71.3 Å². The number of carbonyl (C=O) groups excluding carboxylic acids is 1. The highest BCUT2D eigenvalue weighted by atomic mass is 16.5. The molecule has 21 heavy (non-hydrogen) atoms. The Kier molecular flexibility index (Phi) is 5.89. The molecule has 2 N–H and O–H groups in total. The summed E-state index contributed by atoms with van der Waals surface area (Å²) in [4.78, 5) is 16.1. The summed E-state index contributed by atoms with van der Waals surface area (Å²) in [5.74, 6) is 0.992. The van der Waals surface area contributed by atoms with Crippen LogP contribution in [-0.4, -0.2) is 33.3 Å². The van der Waals surface area contributed by atoms with Crippen LogP contribution in [0.2, 0.25) is 0 Å². The van der Waals surface area contributed by atoms with E-state index in [1.807, 2.05) is 34.6 Å². The van der Waals surface area contributed by atoms with E-state index in [9.17, 15) is 9.90 Å². The molecule has 1 rings (SSSR count). The Morgan fingerprint density at radius 1 is 1.29 bits per heavy atom. The number of aliphatic hydroxyl groups is 1. The molecule has 0 aliphatic rings. The van der Waals surface area contributed by atoms with Gasteiger partial charge < -0.3 is 14.9 Å². The number of carbonyl (C=O) groups is 1. The van der Waals surface area contributed by atoms with Crippen LogP contribution in [-0.2, 0) is 16.6 Å². The summed E-state index contributed by atoms with van der Waals surface area (Å²) in [6.45, 7) is 10.1. The van der Waals surface area contributed by atoms with Gasteiger partial charge in [0.25, 0.3) is 0 Å². The number of hydrogen-bond acceptors (Lipinski definition) is 5. The first-order chi connectivity index (χ1) is 9.70. The quantitative estimate of drug-likeness (QED) is 0.803. The molecule has 0 atom stereocenters. The first-order valence-corrected chi connectivity index (χ1v) is 7.52. The second-order valence-electron chi connectivity index (χ2n) is 6.47. The Morgan fingerprint density at radius 3 is 2.38 bits per heavy atom. The zero-order valence-corrected chi connectivity index (χ0v) is 13.7. The fraction of sp³-hybridized carbons (Fsp3) is 0.800. The normalized spacial score (nSPS) is 12.5. The highest BCUT2D eigenvalue weighted by Crippen LogP contribution is 2.18. The molecule has 0 aliphatic heterocycles. The van der Waals surface area contributed by atoms with Gasteiger partial charge in [-0.2, -0.15) is 4.98 Å². The van der Waals surface area contributed by atoms with E-state index in [2.05, 4.69) is 15.5 Å². The van der Waals surface area contributed by atoms with E-state index in [4.69, 9.17) is 4.52 Å². The molecule has 6 heteroatoms. The van der Waals surface area contributed by atoms with Crippen LogP contribution in [0.4, 0.5) is 0 Å². The maximum Gasteiger partial charge on any atom is 0.227 e. The summed E-state index contributed by atoms with van der Waals surface area (Å²) in [7, 11) is 0. The molecule has 1 aromatic heterocycles. The molecule has 120 valence electrons. The second kappa shape index (κ2) is 7.02. The maximum absolute atomic E-state index is 11.8. The van der Waals surface area contributed by atoms with Gasteiger partial charge in [0.1, 0.15) is 0 Å². The van der Waals surface area contributed by atoms with Gasteiger partial charge in [-0.25, -0.2) is 0 Å². The molecule has 0 unspecified atom stereocenters. The van der Waals surface area contributed by atoms with Crippen molar-refractivity contribution in [3.05, 3.63) is 11.7 Å². The minimum absolute atomic E-state index is 0.120. The molecule has 0 radical (unpaired) electrons. The largest absolute Gasteiger partial charge is 0.388 e. The lowest BCUT2D eigenvalue weighted by Gasteiger charge is -2.25. The average molecular weight is 297 g/mol. The van der Waals surface area contributed by atoms with E-state index >= 15 is 0 Å². The maximum atomic E-state index is 11.8. The summed E-state index contributed by atoms with van der Waals surface area (Å²) in [5, 5.41) is 16.8. The van der Waals surface area contributed by atoms with Crippen molar-refractivity contribution >= 4 is 5.91 Å². The van der Waals surface area contributed by atoms with Gasteiger partial charge in [0, 0.05) is 24.8 Å². The van der Waals surface area contributed by atoms with Crippen LogP contribution in [0.3, 0.4) is 0 Å². The van der Waals surface area contributed by atoms with Crippen molar-refractivity contribution in [2.75, 3.05) is 6.54 Å². The first-order valence-electron chi connectivity index (χ1n) is 7.52. The van der Waals surface area contributed by atoms with Crippen molar-refractivity contribution in [3.63, 3.8) is 0 Å². The van der Waals surface area contributed by atoms with Crippen molar-refractivity contribution in [1.29, 1.82) is 0 Å². The van der Waals surface area contributed by atoms with E-state index < -0.39 is 5.60 Å². The zero-order chi connectivity index (χ0) is 16.1. The lowest BCUT2D eigenvalue weighted by Crippen LogP contribution is -2.42. The SMILES string of the molecule is CCC(O)(CC)CNC(=O)CCc1nc(C(C)(C)C)no1. The molecule has 0 saturated carbocycles. The van der Waals surface area contributed by atoms with Crippen molar-refractivity contribution in [1.82, 2.24) is 15.5 Å². The first kappa shape index (κ1) is 17.6. The number of aryl methyl sites for hydroxylation is 1.